The summed E-state index contributed by atoms with van der Waals surface area (Å²) >= 11 is 0. The van der Waals surface area contributed by atoms with Crippen LogP contribution in [0.3, 0.4) is 0 Å². The van der Waals surface area contributed by atoms with Gasteiger partial charge in [-0.05, 0) is 26.3 Å². The van der Waals surface area contributed by atoms with Gasteiger partial charge in [-0.15, -0.1) is 0 Å². The number of pyridine rings is 1. The number of aromatic amines is 1. The molecule has 1 aromatic rings. The summed E-state index contributed by atoms with van der Waals surface area (Å²) in [6.07, 6.45) is 2.14. The zero-order chi connectivity index (χ0) is 12.8. The molecule has 0 aliphatic rings. The van der Waals surface area contributed by atoms with Gasteiger partial charge in [0.15, 0.2) is 5.78 Å². The molecule has 90 valence electrons. The molecule has 1 aromatic heterocycles. The molecule has 0 unspecified atom stereocenters. The van der Waals surface area contributed by atoms with Crippen LogP contribution in [0.1, 0.15) is 48.3 Å². The molecule has 0 saturated heterocycles. The van der Waals surface area contributed by atoms with Gasteiger partial charge < -0.3 is 0 Å². The molecular weight excluding hydrogens is 214 g/mol. The number of anilines is 1. The van der Waals surface area contributed by atoms with E-state index in [2.05, 4.69) is 23.3 Å². The molecule has 0 aliphatic heterocycles. The Labute approximate surface area is 102 Å². The van der Waals surface area contributed by atoms with Gasteiger partial charge in [0.1, 0.15) is 17.3 Å². The van der Waals surface area contributed by atoms with Gasteiger partial charge in [-0.1, -0.05) is 13.3 Å². The maximum absolute atomic E-state index is 11.4. The van der Waals surface area contributed by atoms with Crippen molar-refractivity contribution < 1.29 is 9.78 Å². The molecule has 0 aliphatic carbocycles. The van der Waals surface area contributed by atoms with Crippen LogP contribution in [-0.2, 0) is 0 Å². The van der Waals surface area contributed by atoms with E-state index in [1.54, 1.807) is 6.07 Å². The van der Waals surface area contributed by atoms with Crippen molar-refractivity contribution in [2.24, 2.45) is 0 Å². The number of rotatable bonds is 5. The number of nitriles is 1. The predicted molar refractivity (Wildman–Crippen MR) is 65.9 cm³/mol. The van der Waals surface area contributed by atoms with Gasteiger partial charge in [0, 0.05) is 0 Å². The molecule has 4 nitrogen and oxygen atoms in total. The molecule has 0 amide bonds. The molecule has 0 fully saturated rings. The van der Waals surface area contributed by atoms with Crippen molar-refractivity contribution in [1.29, 1.82) is 5.26 Å². The molecule has 0 atom stereocenters. The summed E-state index contributed by atoms with van der Waals surface area (Å²) in [5.74, 6) is 0.666. The van der Waals surface area contributed by atoms with Gasteiger partial charge in [0.05, 0.1) is 12.1 Å². The highest BCUT2D eigenvalue weighted by Gasteiger charge is 2.16. The quantitative estimate of drug-likeness (QED) is 0.624. The average molecular weight is 232 g/mol. The highest BCUT2D eigenvalue weighted by molar-refractivity contribution is 5.95. The molecule has 0 saturated carbocycles. The summed E-state index contributed by atoms with van der Waals surface area (Å²) in [6.45, 7) is 6.27. The molecule has 2 N–H and O–H groups in total. The van der Waals surface area contributed by atoms with E-state index < -0.39 is 0 Å². The van der Waals surface area contributed by atoms with Gasteiger partial charge in [-0.3, -0.25) is 10.1 Å². The number of nitrogens with one attached hydrogen (secondary N) is 2. The Bertz CT molecular complexity index is 460. The van der Waals surface area contributed by atoms with Crippen LogP contribution < -0.4 is 10.3 Å². The highest BCUT2D eigenvalue weighted by Crippen LogP contribution is 2.13. The second-order valence-corrected chi connectivity index (χ2v) is 4.05. The molecule has 0 bridgehead atoms. The maximum atomic E-state index is 11.4. The number of ketones is 1. The second kappa shape index (κ2) is 6.00. The standard InChI is InChI=1S/C13H17N3O/c1-4-5-6-15-13-11(8-14)7-12(10(3)17)9(2)16-13/h7H,4-6H2,1-3H3,(H,15,16)/p+1. The van der Waals surface area contributed by atoms with Gasteiger partial charge in [0.25, 0.3) is 5.82 Å². The van der Waals surface area contributed by atoms with E-state index >= 15 is 0 Å². The number of nitrogens with zero attached hydrogens (tertiary/aromatic N) is 1. The molecule has 17 heavy (non-hydrogen) atoms. The van der Waals surface area contributed by atoms with Crippen molar-refractivity contribution in [3.05, 3.63) is 22.9 Å². The fraction of sp³-hybridized carbons (Fsp3) is 0.462. The topological polar surface area (TPSA) is 67.0 Å². The van der Waals surface area contributed by atoms with Crippen molar-refractivity contribution in [1.82, 2.24) is 0 Å². The smallest absolute Gasteiger partial charge is 0.290 e. The first kappa shape index (κ1) is 13.2. The molecule has 0 radical (unpaired) electrons. The Balaban J connectivity index is 3.03. The van der Waals surface area contributed by atoms with Gasteiger partial charge >= 0.3 is 0 Å². The SMILES string of the molecule is CCCCNc1[nH+]c(C)c(C(C)=O)cc1C#N. The second-order valence-electron chi connectivity index (χ2n) is 4.05. The molecule has 0 spiro atoms. The number of hydrogen-bond donors (Lipinski definition) is 1. The van der Waals surface area contributed by atoms with Crippen LogP contribution in [0.25, 0.3) is 0 Å². The Hall–Kier alpha value is -1.89. The van der Waals surface area contributed by atoms with Crippen LogP contribution in [0.4, 0.5) is 5.82 Å². The third-order valence-corrected chi connectivity index (χ3v) is 2.61. The minimum absolute atomic E-state index is 0.0321. The van der Waals surface area contributed by atoms with Crippen molar-refractivity contribution in [3.8, 4) is 6.07 Å². The zero-order valence-electron chi connectivity index (χ0n) is 10.6. The average Bonchev–Trinajstić information content (AvgIpc) is 2.29. The minimum Gasteiger partial charge on any atom is -0.294 e. The zero-order valence-corrected chi connectivity index (χ0v) is 10.6. The van der Waals surface area contributed by atoms with Crippen LogP contribution in [0.5, 0.6) is 0 Å². The summed E-state index contributed by atoms with van der Waals surface area (Å²) in [4.78, 5) is 14.4. The lowest BCUT2D eigenvalue weighted by molar-refractivity contribution is -0.371. The molecule has 4 heteroatoms. The number of H-pyrrole nitrogens is 1. The van der Waals surface area contributed by atoms with Crippen LogP contribution in [0.2, 0.25) is 0 Å². The van der Waals surface area contributed by atoms with Crippen molar-refractivity contribution in [2.45, 2.75) is 33.6 Å². The predicted octanol–water partition coefficient (Wildman–Crippen LogP) is 2.10. The summed E-state index contributed by atoms with van der Waals surface area (Å²) in [5, 5.41) is 12.2. The van der Waals surface area contributed by atoms with Gasteiger partial charge in [-0.25, -0.2) is 4.98 Å². The van der Waals surface area contributed by atoms with E-state index in [-0.39, 0.29) is 5.78 Å². The summed E-state index contributed by atoms with van der Waals surface area (Å²) in [6, 6.07) is 3.74. The first-order chi connectivity index (χ1) is 8.10. The fourth-order valence-corrected chi connectivity index (χ4v) is 1.63. The van der Waals surface area contributed by atoms with Gasteiger partial charge in [0.2, 0.25) is 0 Å². The maximum Gasteiger partial charge on any atom is 0.290 e. The largest absolute Gasteiger partial charge is 0.294 e. The van der Waals surface area contributed by atoms with Crippen molar-refractivity contribution >= 4 is 11.6 Å². The lowest BCUT2D eigenvalue weighted by Crippen LogP contribution is -2.21. The first-order valence-electron chi connectivity index (χ1n) is 5.82. The number of carbonyl (C=O) groups excluding carboxylic acids is 1. The number of aromatic nitrogens is 1. The van der Waals surface area contributed by atoms with E-state index in [0.29, 0.717) is 16.9 Å². The Kier molecular flexibility index (Phi) is 4.65. The third-order valence-electron chi connectivity index (χ3n) is 2.61. The number of carbonyl (C=O) groups is 1. The van der Waals surface area contributed by atoms with Crippen LogP contribution in [0, 0.1) is 18.3 Å². The lowest BCUT2D eigenvalue weighted by atomic mass is 10.1. The normalized spacial score (nSPS) is 9.76. The molecule has 1 rings (SSSR count). The first-order valence-corrected chi connectivity index (χ1v) is 5.82. The van der Waals surface area contributed by atoms with E-state index in [0.717, 1.165) is 25.1 Å². The minimum atomic E-state index is -0.0321. The van der Waals surface area contributed by atoms with Crippen molar-refractivity contribution in [3.63, 3.8) is 0 Å². The Morgan fingerprint density at radius 2 is 2.29 bits per heavy atom. The molecular formula is C13H18N3O+. The van der Waals surface area contributed by atoms with Crippen molar-refractivity contribution in [2.75, 3.05) is 11.9 Å². The fourth-order valence-electron chi connectivity index (χ4n) is 1.63. The summed E-state index contributed by atoms with van der Waals surface area (Å²) < 4.78 is 0. The van der Waals surface area contributed by atoms with E-state index in [4.69, 9.17) is 5.26 Å². The van der Waals surface area contributed by atoms with E-state index in [1.165, 1.54) is 6.92 Å². The summed E-state index contributed by atoms with van der Waals surface area (Å²) in [5.41, 5.74) is 1.84. The highest BCUT2D eigenvalue weighted by atomic mass is 16.1. The van der Waals surface area contributed by atoms with Crippen LogP contribution >= 0.6 is 0 Å². The number of unbranched alkanes of at least 4 members (excludes halogenated alkanes) is 1. The number of hydrogen-bond acceptors (Lipinski definition) is 3. The Morgan fingerprint density at radius 3 is 2.82 bits per heavy atom. The third kappa shape index (κ3) is 3.28. The lowest BCUT2D eigenvalue weighted by Gasteiger charge is -2.04. The Morgan fingerprint density at radius 1 is 1.59 bits per heavy atom. The van der Waals surface area contributed by atoms with E-state index in [1.807, 2.05) is 6.92 Å². The molecule has 0 aromatic carbocycles. The summed E-state index contributed by atoms with van der Waals surface area (Å²) in [7, 11) is 0. The number of aryl methyl sites for hydroxylation is 1. The number of Topliss-reactive ketones (excluding diaryl/α,β-unsaturated/α-hetero) is 1. The van der Waals surface area contributed by atoms with E-state index in [9.17, 15) is 4.79 Å². The van der Waals surface area contributed by atoms with Crippen LogP contribution in [-0.4, -0.2) is 12.3 Å². The monoisotopic (exact) mass is 232 g/mol. The van der Waals surface area contributed by atoms with Crippen LogP contribution in [0.15, 0.2) is 6.07 Å². The molecule has 1 heterocycles. The van der Waals surface area contributed by atoms with Gasteiger partial charge in [-0.2, -0.15) is 5.26 Å².